The number of hydrogen-bond acceptors (Lipinski definition) is 4. The van der Waals surface area contributed by atoms with E-state index in [2.05, 4.69) is 22.9 Å². The van der Waals surface area contributed by atoms with Crippen LogP contribution in [0.3, 0.4) is 0 Å². The first-order valence-corrected chi connectivity index (χ1v) is 5.44. The molecule has 1 heterocycles. The molecule has 15 heavy (non-hydrogen) atoms. The minimum atomic E-state index is -0.0244. The average Bonchev–Trinajstić information content (AvgIpc) is 2.81. The fourth-order valence-corrected chi connectivity index (χ4v) is 2.03. The average molecular weight is 222 g/mol. The van der Waals surface area contributed by atoms with Crippen molar-refractivity contribution in [3.63, 3.8) is 0 Å². The molecule has 0 aromatic heterocycles. The second kappa shape index (κ2) is 4.57. The van der Waals surface area contributed by atoms with E-state index < -0.39 is 0 Å². The molecule has 0 radical (unpaired) electrons. The van der Waals surface area contributed by atoms with E-state index in [0.29, 0.717) is 0 Å². The maximum Gasteiger partial charge on any atom is 0.123 e. The van der Waals surface area contributed by atoms with E-state index in [1.54, 1.807) is 7.11 Å². The van der Waals surface area contributed by atoms with Crippen LogP contribution in [0, 0.1) is 0 Å². The van der Waals surface area contributed by atoms with Gasteiger partial charge in [0.1, 0.15) is 11.6 Å². The monoisotopic (exact) mass is 222 g/mol. The molecule has 1 aromatic carbocycles. The Kier molecular flexibility index (Phi) is 3.16. The lowest BCUT2D eigenvalue weighted by atomic mass is 10.1. The Balaban J connectivity index is 2.27. The van der Waals surface area contributed by atoms with Crippen molar-refractivity contribution in [2.24, 2.45) is 4.99 Å². The molecule has 0 aliphatic carbocycles. The van der Waals surface area contributed by atoms with E-state index in [1.165, 1.54) is 0 Å². The van der Waals surface area contributed by atoms with Crippen LogP contribution in [-0.4, -0.2) is 26.0 Å². The second-order valence-corrected chi connectivity index (χ2v) is 3.85. The number of rotatable bonds is 3. The Labute approximate surface area is 95.0 Å². The molecule has 1 atom stereocenters. The summed E-state index contributed by atoms with van der Waals surface area (Å²) in [4.78, 5) is 4.36. The molecule has 1 unspecified atom stereocenters. The van der Waals surface area contributed by atoms with Crippen LogP contribution in [0.1, 0.15) is 10.8 Å². The third-order valence-corrected chi connectivity index (χ3v) is 2.92. The summed E-state index contributed by atoms with van der Waals surface area (Å²) in [5.74, 6) is 1.79. The van der Waals surface area contributed by atoms with E-state index >= 15 is 0 Å². The summed E-state index contributed by atoms with van der Waals surface area (Å²) in [7, 11) is 1.67. The lowest BCUT2D eigenvalue weighted by Gasteiger charge is -2.15. The number of para-hydroxylation sites is 1. The first-order valence-electron chi connectivity index (χ1n) is 4.92. The highest BCUT2D eigenvalue weighted by Crippen LogP contribution is 2.30. The molecule has 0 spiro atoms. The third-order valence-electron chi connectivity index (χ3n) is 2.39. The van der Waals surface area contributed by atoms with Gasteiger partial charge in [0.15, 0.2) is 0 Å². The van der Waals surface area contributed by atoms with E-state index in [-0.39, 0.29) is 5.25 Å². The topological polar surface area (TPSA) is 33.6 Å². The van der Waals surface area contributed by atoms with Crippen LogP contribution in [0.15, 0.2) is 29.3 Å². The number of amidine groups is 1. The Morgan fingerprint density at radius 1 is 1.47 bits per heavy atom. The van der Waals surface area contributed by atoms with Crippen molar-refractivity contribution in [1.82, 2.24) is 5.32 Å². The van der Waals surface area contributed by atoms with Crippen LogP contribution in [0.25, 0.3) is 0 Å². The molecule has 1 aromatic rings. The van der Waals surface area contributed by atoms with Crippen LogP contribution >= 0.6 is 12.6 Å². The molecule has 1 aliphatic rings. The van der Waals surface area contributed by atoms with E-state index in [1.807, 2.05) is 24.3 Å². The third kappa shape index (κ3) is 2.09. The summed E-state index contributed by atoms with van der Waals surface area (Å²) < 4.78 is 5.29. The summed E-state index contributed by atoms with van der Waals surface area (Å²) in [6, 6.07) is 7.89. The minimum absolute atomic E-state index is 0.0244. The van der Waals surface area contributed by atoms with Crippen LogP contribution in [0.5, 0.6) is 5.75 Å². The van der Waals surface area contributed by atoms with Crippen LogP contribution in [0.4, 0.5) is 0 Å². The number of benzene rings is 1. The maximum absolute atomic E-state index is 5.29. The molecule has 0 saturated heterocycles. The summed E-state index contributed by atoms with van der Waals surface area (Å²) in [5, 5.41) is 3.20. The van der Waals surface area contributed by atoms with Crippen molar-refractivity contribution in [2.45, 2.75) is 5.25 Å². The Morgan fingerprint density at radius 3 is 2.93 bits per heavy atom. The van der Waals surface area contributed by atoms with Gasteiger partial charge in [-0.25, -0.2) is 0 Å². The molecular weight excluding hydrogens is 208 g/mol. The van der Waals surface area contributed by atoms with Gasteiger partial charge in [-0.05, 0) is 6.07 Å². The summed E-state index contributed by atoms with van der Waals surface area (Å²) >= 11 is 4.57. The molecule has 0 saturated carbocycles. The second-order valence-electron chi connectivity index (χ2n) is 3.34. The van der Waals surface area contributed by atoms with Crippen molar-refractivity contribution < 1.29 is 4.74 Å². The number of ether oxygens (including phenoxy) is 1. The predicted molar refractivity (Wildman–Crippen MR) is 65.0 cm³/mol. The summed E-state index contributed by atoms with van der Waals surface area (Å²) in [6.07, 6.45) is 0. The number of thiol groups is 1. The van der Waals surface area contributed by atoms with E-state index in [0.717, 1.165) is 30.2 Å². The van der Waals surface area contributed by atoms with Gasteiger partial charge in [0.05, 0.1) is 18.9 Å². The fraction of sp³-hybridized carbons (Fsp3) is 0.364. The minimum Gasteiger partial charge on any atom is -0.496 e. The van der Waals surface area contributed by atoms with Crippen LogP contribution in [0.2, 0.25) is 0 Å². The Morgan fingerprint density at radius 2 is 2.27 bits per heavy atom. The molecule has 3 nitrogen and oxygen atoms in total. The molecule has 80 valence electrons. The standard InChI is InChI=1S/C11H14N2OS/c1-14-9-5-3-2-4-8(9)10(15)11-12-6-7-13-11/h2-5,10,15H,6-7H2,1H3,(H,12,13). The molecule has 0 bridgehead atoms. The van der Waals surface area contributed by atoms with Crippen molar-refractivity contribution in [1.29, 1.82) is 0 Å². The van der Waals surface area contributed by atoms with Crippen LogP contribution < -0.4 is 10.1 Å². The zero-order valence-corrected chi connectivity index (χ0v) is 9.50. The SMILES string of the molecule is COc1ccccc1C(S)C1=NCCN1. The first-order chi connectivity index (χ1) is 7.33. The zero-order chi connectivity index (χ0) is 10.7. The van der Waals surface area contributed by atoms with Gasteiger partial charge >= 0.3 is 0 Å². The lowest BCUT2D eigenvalue weighted by molar-refractivity contribution is 0.411. The van der Waals surface area contributed by atoms with Crippen molar-refractivity contribution in [2.75, 3.05) is 20.2 Å². The van der Waals surface area contributed by atoms with Gasteiger partial charge < -0.3 is 10.1 Å². The highest BCUT2D eigenvalue weighted by atomic mass is 32.1. The quantitative estimate of drug-likeness (QED) is 0.763. The fourth-order valence-electron chi connectivity index (χ4n) is 1.64. The van der Waals surface area contributed by atoms with E-state index in [9.17, 15) is 0 Å². The highest BCUT2D eigenvalue weighted by molar-refractivity contribution is 7.81. The largest absolute Gasteiger partial charge is 0.496 e. The Bertz CT molecular complexity index is 379. The van der Waals surface area contributed by atoms with Crippen molar-refractivity contribution in [3.8, 4) is 5.75 Å². The van der Waals surface area contributed by atoms with Gasteiger partial charge in [0, 0.05) is 12.1 Å². The molecule has 2 rings (SSSR count). The molecule has 0 amide bonds. The predicted octanol–water partition coefficient (Wildman–Crippen LogP) is 1.67. The van der Waals surface area contributed by atoms with Crippen LogP contribution in [-0.2, 0) is 0 Å². The highest BCUT2D eigenvalue weighted by Gasteiger charge is 2.19. The number of nitrogens with one attached hydrogen (secondary N) is 1. The molecule has 0 fully saturated rings. The Hall–Kier alpha value is -1.16. The normalized spacial score (nSPS) is 16.8. The van der Waals surface area contributed by atoms with Gasteiger partial charge in [-0.3, -0.25) is 4.99 Å². The van der Waals surface area contributed by atoms with Crippen molar-refractivity contribution >= 4 is 18.5 Å². The van der Waals surface area contributed by atoms with Gasteiger partial charge in [-0.15, -0.1) is 0 Å². The molecule has 1 N–H and O–H groups in total. The smallest absolute Gasteiger partial charge is 0.123 e. The summed E-state index contributed by atoms with van der Waals surface area (Å²) in [6.45, 7) is 1.74. The van der Waals surface area contributed by atoms with Gasteiger partial charge in [0.2, 0.25) is 0 Å². The van der Waals surface area contributed by atoms with Gasteiger partial charge in [-0.1, -0.05) is 18.2 Å². The number of hydrogen-bond donors (Lipinski definition) is 2. The molecular formula is C11H14N2OS. The number of aliphatic imine (C=N–C) groups is 1. The molecule has 4 heteroatoms. The number of nitrogens with zero attached hydrogens (tertiary/aromatic N) is 1. The first kappa shape index (κ1) is 10.4. The number of methoxy groups -OCH3 is 1. The molecule has 1 aliphatic heterocycles. The zero-order valence-electron chi connectivity index (χ0n) is 8.60. The summed E-state index contributed by atoms with van der Waals surface area (Å²) in [5.41, 5.74) is 1.05. The van der Waals surface area contributed by atoms with Gasteiger partial charge in [0.25, 0.3) is 0 Å². The lowest BCUT2D eigenvalue weighted by Crippen LogP contribution is -2.23. The van der Waals surface area contributed by atoms with Crippen molar-refractivity contribution in [3.05, 3.63) is 29.8 Å². The van der Waals surface area contributed by atoms with E-state index in [4.69, 9.17) is 4.74 Å². The maximum atomic E-state index is 5.29. The van der Waals surface area contributed by atoms with Gasteiger partial charge in [-0.2, -0.15) is 12.6 Å².